The van der Waals surface area contributed by atoms with E-state index in [2.05, 4.69) is 64.8 Å². The van der Waals surface area contributed by atoms with E-state index < -0.39 is 0 Å². The Hall–Kier alpha value is -3.36. The number of likely N-dealkylation sites (N-methyl/N-ethyl adjacent to an activating group) is 1. The Labute approximate surface area is 205 Å². The van der Waals surface area contributed by atoms with Crippen molar-refractivity contribution in [2.75, 3.05) is 31.9 Å². The predicted molar refractivity (Wildman–Crippen MR) is 142 cm³/mol. The van der Waals surface area contributed by atoms with E-state index in [1.165, 1.54) is 23.7 Å². The van der Waals surface area contributed by atoms with Gasteiger partial charge in [-0.05, 0) is 61.7 Å². The summed E-state index contributed by atoms with van der Waals surface area (Å²) in [6, 6.07) is 16.4. The highest BCUT2D eigenvalue weighted by Crippen LogP contribution is 2.32. The molecule has 0 aliphatic carbocycles. The summed E-state index contributed by atoms with van der Waals surface area (Å²) in [5, 5.41) is 0. The Bertz CT molecular complexity index is 1180. The standard InChI is InChI=1S/C26H30N6OS/c1-17-6-5-7-18(2)25(17)23-12-24(30-26(29-23)31-34-22(13-27)14-28-3)33-21-10-8-19(9-11-21)20-15-32(4)16-20/h5-14,20H,15-16,27H2,1-4H3,(H,29,30,31)/b22-13+,28-14?. The van der Waals surface area contributed by atoms with Crippen LogP contribution in [0.5, 0.6) is 11.6 Å². The Morgan fingerprint density at radius 3 is 2.47 bits per heavy atom. The lowest BCUT2D eigenvalue weighted by molar-refractivity contribution is 0.189. The van der Waals surface area contributed by atoms with Crippen molar-refractivity contribution < 1.29 is 4.74 Å². The number of hydrogen-bond acceptors (Lipinski definition) is 8. The Kier molecular flexibility index (Phi) is 7.49. The molecule has 0 amide bonds. The SMILES string of the molecule is CN=C/C(=C\N)SNc1nc(Oc2ccc(C3CN(C)C3)cc2)cc(-c2c(C)cccc2C)n1. The quantitative estimate of drug-likeness (QED) is 0.345. The van der Waals surface area contributed by atoms with Crippen molar-refractivity contribution in [2.24, 2.45) is 10.7 Å². The summed E-state index contributed by atoms with van der Waals surface area (Å²) < 4.78 is 9.34. The number of ether oxygens (including phenoxy) is 1. The van der Waals surface area contributed by atoms with Gasteiger partial charge in [0.05, 0.1) is 10.6 Å². The smallest absolute Gasteiger partial charge is 0.237 e. The van der Waals surface area contributed by atoms with Crippen LogP contribution in [0.1, 0.15) is 22.6 Å². The number of hydrogen-bond donors (Lipinski definition) is 2. The molecule has 4 rings (SSSR count). The first kappa shape index (κ1) is 23.8. The first-order chi connectivity index (χ1) is 16.5. The molecule has 0 radical (unpaired) electrons. The highest BCUT2D eigenvalue weighted by Gasteiger charge is 2.24. The summed E-state index contributed by atoms with van der Waals surface area (Å²) in [7, 11) is 3.84. The number of benzene rings is 2. The van der Waals surface area contributed by atoms with Gasteiger partial charge in [0.2, 0.25) is 11.8 Å². The first-order valence-electron chi connectivity index (χ1n) is 11.2. The fourth-order valence-electron chi connectivity index (χ4n) is 4.04. The molecule has 0 saturated carbocycles. The minimum atomic E-state index is 0.429. The molecule has 176 valence electrons. The lowest BCUT2D eigenvalue weighted by Gasteiger charge is -2.36. The zero-order valence-electron chi connectivity index (χ0n) is 19.9. The van der Waals surface area contributed by atoms with E-state index in [0.29, 0.717) is 17.7 Å². The molecule has 7 nitrogen and oxygen atoms in total. The van der Waals surface area contributed by atoms with E-state index in [-0.39, 0.29) is 0 Å². The Balaban J connectivity index is 1.62. The molecule has 8 heteroatoms. The predicted octanol–water partition coefficient (Wildman–Crippen LogP) is 5.14. The van der Waals surface area contributed by atoms with Gasteiger partial charge in [-0.2, -0.15) is 4.98 Å². The number of aryl methyl sites for hydroxylation is 2. The third-order valence-electron chi connectivity index (χ3n) is 5.76. The minimum Gasteiger partial charge on any atom is -0.439 e. The molecule has 3 aromatic rings. The number of rotatable bonds is 8. The summed E-state index contributed by atoms with van der Waals surface area (Å²) in [4.78, 5) is 16.4. The van der Waals surface area contributed by atoms with Gasteiger partial charge in [0.15, 0.2) is 0 Å². The average Bonchev–Trinajstić information content (AvgIpc) is 2.80. The van der Waals surface area contributed by atoms with Crippen molar-refractivity contribution in [3.63, 3.8) is 0 Å². The van der Waals surface area contributed by atoms with Gasteiger partial charge in [-0.1, -0.05) is 30.3 Å². The average molecular weight is 475 g/mol. The zero-order valence-corrected chi connectivity index (χ0v) is 20.8. The van der Waals surface area contributed by atoms with Crippen LogP contribution in [0.4, 0.5) is 5.95 Å². The molecule has 0 bridgehead atoms. The zero-order chi connectivity index (χ0) is 24.1. The van der Waals surface area contributed by atoms with Crippen LogP contribution in [-0.2, 0) is 0 Å². The van der Waals surface area contributed by atoms with E-state index in [0.717, 1.165) is 46.1 Å². The van der Waals surface area contributed by atoms with Gasteiger partial charge in [0.1, 0.15) is 5.75 Å². The lowest BCUT2D eigenvalue weighted by Crippen LogP contribution is -2.41. The van der Waals surface area contributed by atoms with Crippen LogP contribution in [0.3, 0.4) is 0 Å². The second-order valence-corrected chi connectivity index (χ2v) is 9.31. The van der Waals surface area contributed by atoms with Gasteiger partial charge in [-0.3, -0.25) is 9.71 Å². The summed E-state index contributed by atoms with van der Waals surface area (Å²) in [5.74, 6) is 2.23. The van der Waals surface area contributed by atoms with Crippen molar-refractivity contribution in [1.82, 2.24) is 14.9 Å². The lowest BCUT2D eigenvalue weighted by atomic mass is 9.92. The Morgan fingerprint density at radius 2 is 1.85 bits per heavy atom. The normalized spacial score (nSPS) is 14.9. The molecule has 0 spiro atoms. The third kappa shape index (κ3) is 5.58. The number of anilines is 1. The van der Waals surface area contributed by atoms with Crippen LogP contribution in [0.25, 0.3) is 11.3 Å². The van der Waals surface area contributed by atoms with Crippen LogP contribution < -0.4 is 15.2 Å². The summed E-state index contributed by atoms with van der Waals surface area (Å²) >= 11 is 1.29. The summed E-state index contributed by atoms with van der Waals surface area (Å²) in [5.41, 5.74) is 11.2. The van der Waals surface area contributed by atoms with Gasteiger partial charge < -0.3 is 15.4 Å². The van der Waals surface area contributed by atoms with Gasteiger partial charge >= 0.3 is 0 Å². The summed E-state index contributed by atoms with van der Waals surface area (Å²) in [6.07, 6.45) is 3.16. The maximum Gasteiger partial charge on any atom is 0.237 e. The van der Waals surface area contributed by atoms with E-state index >= 15 is 0 Å². The molecule has 1 aromatic heterocycles. The molecule has 0 unspecified atom stereocenters. The molecule has 3 N–H and O–H groups in total. The number of aromatic nitrogens is 2. The van der Waals surface area contributed by atoms with Crippen molar-refractivity contribution in [3.8, 4) is 22.9 Å². The molecular formula is C26H30N6OS. The van der Waals surface area contributed by atoms with Crippen molar-refractivity contribution >= 4 is 24.1 Å². The molecule has 34 heavy (non-hydrogen) atoms. The largest absolute Gasteiger partial charge is 0.439 e. The molecule has 1 saturated heterocycles. The van der Waals surface area contributed by atoms with E-state index in [1.54, 1.807) is 13.3 Å². The minimum absolute atomic E-state index is 0.429. The van der Waals surface area contributed by atoms with Crippen LogP contribution in [0.15, 0.2) is 64.6 Å². The monoisotopic (exact) mass is 474 g/mol. The number of nitrogens with two attached hydrogens (primary N) is 1. The molecule has 2 aromatic carbocycles. The summed E-state index contributed by atoms with van der Waals surface area (Å²) in [6.45, 7) is 6.35. The highest BCUT2D eigenvalue weighted by molar-refractivity contribution is 8.05. The van der Waals surface area contributed by atoms with Gasteiger partial charge in [-0.15, -0.1) is 0 Å². The maximum absolute atomic E-state index is 6.17. The Morgan fingerprint density at radius 1 is 1.15 bits per heavy atom. The second kappa shape index (κ2) is 10.7. The molecule has 1 aliphatic rings. The van der Waals surface area contributed by atoms with E-state index in [1.807, 2.05) is 24.3 Å². The van der Waals surface area contributed by atoms with Crippen LogP contribution >= 0.6 is 11.9 Å². The fourth-order valence-corrected chi connectivity index (χ4v) is 4.57. The molecule has 0 atom stereocenters. The van der Waals surface area contributed by atoms with E-state index in [4.69, 9.17) is 15.5 Å². The van der Waals surface area contributed by atoms with Crippen molar-refractivity contribution in [3.05, 3.63) is 76.3 Å². The third-order valence-corrected chi connectivity index (χ3v) is 6.52. The molecule has 2 heterocycles. The number of likely N-dealkylation sites (tertiary alicyclic amines) is 1. The van der Waals surface area contributed by atoms with Gasteiger partial charge in [-0.25, -0.2) is 4.98 Å². The molecular weight excluding hydrogens is 444 g/mol. The maximum atomic E-state index is 6.17. The topological polar surface area (TPSA) is 88.7 Å². The number of allylic oxidation sites excluding steroid dienone is 1. The van der Waals surface area contributed by atoms with Crippen LogP contribution in [-0.4, -0.2) is 48.3 Å². The fraction of sp³-hybridized carbons (Fsp3) is 0.269. The number of nitrogens with one attached hydrogen (secondary N) is 1. The molecule has 1 aliphatic heterocycles. The van der Waals surface area contributed by atoms with Gasteiger partial charge in [0, 0.05) is 50.1 Å². The number of aliphatic imine (C=N–C) groups is 1. The highest BCUT2D eigenvalue weighted by atomic mass is 32.2. The van der Waals surface area contributed by atoms with E-state index in [9.17, 15) is 0 Å². The van der Waals surface area contributed by atoms with Crippen LogP contribution in [0.2, 0.25) is 0 Å². The first-order valence-corrected chi connectivity index (χ1v) is 12.0. The van der Waals surface area contributed by atoms with Crippen molar-refractivity contribution in [2.45, 2.75) is 19.8 Å². The van der Waals surface area contributed by atoms with Gasteiger partial charge in [0.25, 0.3) is 0 Å². The number of nitrogens with zero attached hydrogens (tertiary/aromatic N) is 4. The molecule has 1 fully saturated rings. The second-order valence-electron chi connectivity index (χ2n) is 8.43. The van der Waals surface area contributed by atoms with Crippen LogP contribution in [0, 0.1) is 13.8 Å². The van der Waals surface area contributed by atoms with Crippen molar-refractivity contribution in [1.29, 1.82) is 0 Å².